The van der Waals surface area contributed by atoms with Gasteiger partial charge in [-0.3, -0.25) is 0 Å². The number of ether oxygens (including phenoxy) is 2. The summed E-state index contributed by atoms with van der Waals surface area (Å²) in [5.74, 6) is 0.406. The Morgan fingerprint density at radius 1 is 1.14 bits per heavy atom. The summed E-state index contributed by atoms with van der Waals surface area (Å²) in [7, 11) is 3.01. The zero-order valence-electron chi connectivity index (χ0n) is 12.5. The lowest BCUT2D eigenvalue weighted by atomic mass is 10.0. The number of rotatable bonds is 4. The fourth-order valence-electron chi connectivity index (χ4n) is 2.21. The van der Waals surface area contributed by atoms with Crippen LogP contribution in [0.15, 0.2) is 24.5 Å². The highest BCUT2D eigenvalue weighted by molar-refractivity contribution is 5.73. The van der Waals surface area contributed by atoms with Crippen molar-refractivity contribution in [2.45, 2.75) is 13.8 Å². The smallest absolute Gasteiger partial charge is 0.240 e. The van der Waals surface area contributed by atoms with E-state index >= 15 is 0 Å². The van der Waals surface area contributed by atoms with Crippen LogP contribution < -0.4 is 9.47 Å². The highest BCUT2D eigenvalue weighted by Crippen LogP contribution is 2.36. The lowest BCUT2D eigenvalue weighted by Gasteiger charge is -2.14. The average Bonchev–Trinajstić information content (AvgIpc) is 2.51. The van der Waals surface area contributed by atoms with E-state index in [1.807, 2.05) is 19.1 Å². The van der Waals surface area contributed by atoms with E-state index in [-0.39, 0.29) is 11.7 Å². The van der Waals surface area contributed by atoms with E-state index in [4.69, 9.17) is 9.47 Å². The summed E-state index contributed by atoms with van der Waals surface area (Å²) in [5, 5.41) is 0. The van der Waals surface area contributed by atoms with E-state index in [2.05, 4.69) is 9.97 Å². The first kappa shape index (κ1) is 15.0. The summed E-state index contributed by atoms with van der Waals surface area (Å²) in [4.78, 5) is 8.25. The van der Waals surface area contributed by atoms with Gasteiger partial charge < -0.3 is 9.47 Å². The largest absolute Gasteiger partial charge is 0.496 e. The molecule has 4 nitrogen and oxygen atoms in total. The van der Waals surface area contributed by atoms with Gasteiger partial charge in [0.15, 0.2) is 0 Å². The van der Waals surface area contributed by atoms with Gasteiger partial charge in [-0.1, -0.05) is 12.2 Å². The van der Waals surface area contributed by atoms with E-state index in [0.717, 1.165) is 5.56 Å². The third-order valence-electron chi connectivity index (χ3n) is 3.13. The molecule has 0 saturated carbocycles. The van der Waals surface area contributed by atoms with Crippen molar-refractivity contribution in [2.24, 2.45) is 0 Å². The molecular weight excluding hydrogens is 271 g/mol. The average molecular weight is 288 g/mol. The first-order valence-electron chi connectivity index (χ1n) is 6.49. The molecule has 1 aromatic heterocycles. The summed E-state index contributed by atoms with van der Waals surface area (Å²) < 4.78 is 25.1. The third-order valence-corrected chi connectivity index (χ3v) is 3.13. The van der Waals surface area contributed by atoms with E-state index < -0.39 is 0 Å². The Bertz CT molecular complexity index is 684. The molecule has 0 saturated heterocycles. The Balaban J connectivity index is 2.75. The predicted molar refractivity (Wildman–Crippen MR) is 80.0 cm³/mol. The van der Waals surface area contributed by atoms with Gasteiger partial charge in [0, 0.05) is 29.1 Å². The molecule has 21 heavy (non-hydrogen) atoms. The van der Waals surface area contributed by atoms with Gasteiger partial charge in [0.1, 0.15) is 17.3 Å². The standard InChI is InChI=1S/C16H17FN2O2/c1-5-6-11-9-12(13(17)10(2)15(11)20-3)14-16(21-4)19-8-7-18-14/h5-9H,1-4H3. The fourth-order valence-corrected chi connectivity index (χ4v) is 2.21. The van der Waals surface area contributed by atoms with Crippen LogP contribution in [0.4, 0.5) is 4.39 Å². The molecular formula is C16H17FN2O2. The minimum atomic E-state index is -0.390. The van der Waals surface area contributed by atoms with Crippen LogP contribution in [-0.4, -0.2) is 24.2 Å². The minimum absolute atomic E-state index is 0.285. The third kappa shape index (κ3) is 2.72. The molecule has 2 rings (SSSR count). The molecule has 0 atom stereocenters. The van der Waals surface area contributed by atoms with Gasteiger partial charge >= 0.3 is 0 Å². The molecule has 1 heterocycles. The highest BCUT2D eigenvalue weighted by atomic mass is 19.1. The SMILES string of the molecule is CC=Cc1cc(-c2nccnc2OC)c(F)c(C)c1OC. The molecule has 0 spiro atoms. The zero-order chi connectivity index (χ0) is 15.4. The number of halogens is 1. The number of aromatic nitrogens is 2. The molecule has 0 amide bonds. The maximum atomic E-state index is 14.6. The van der Waals surface area contributed by atoms with Gasteiger partial charge in [0.05, 0.1) is 14.2 Å². The van der Waals surface area contributed by atoms with Gasteiger partial charge in [-0.15, -0.1) is 0 Å². The van der Waals surface area contributed by atoms with Gasteiger partial charge in [-0.2, -0.15) is 0 Å². The lowest BCUT2D eigenvalue weighted by molar-refractivity contribution is 0.396. The van der Waals surface area contributed by atoms with Crippen LogP contribution in [0.25, 0.3) is 17.3 Å². The zero-order valence-corrected chi connectivity index (χ0v) is 12.5. The number of nitrogens with zero attached hydrogens (tertiary/aromatic N) is 2. The number of hydrogen-bond acceptors (Lipinski definition) is 4. The Labute approximate surface area is 123 Å². The molecule has 2 aromatic rings. The molecule has 5 heteroatoms. The van der Waals surface area contributed by atoms with Crippen LogP contribution in [0, 0.1) is 12.7 Å². The van der Waals surface area contributed by atoms with Gasteiger partial charge in [-0.05, 0) is 19.9 Å². The van der Waals surface area contributed by atoms with Crippen molar-refractivity contribution >= 4 is 6.08 Å². The molecule has 0 aliphatic heterocycles. The molecule has 110 valence electrons. The Morgan fingerprint density at radius 3 is 2.48 bits per heavy atom. The summed E-state index contributed by atoms with van der Waals surface area (Å²) in [6.45, 7) is 3.56. The summed E-state index contributed by atoms with van der Waals surface area (Å²) in [6, 6.07) is 1.69. The molecule has 0 aliphatic carbocycles. The van der Waals surface area contributed by atoms with E-state index in [1.165, 1.54) is 26.6 Å². The van der Waals surface area contributed by atoms with Crippen molar-refractivity contribution in [2.75, 3.05) is 14.2 Å². The molecule has 0 radical (unpaired) electrons. The topological polar surface area (TPSA) is 44.2 Å². The van der Waals surface area contributed by atoms with Crippen LogP contribution in [0.5, 0.6) is 11.6 Å². The van der Waals surface area contributed by atoms with E-state index in [1.54, 1.807) is 13.0 Å². The fraction of sp³-hybridized carbons (Fsp3) is 0.250. The van der Waals surface area contributed by atoms with Crippen LogP contribution in [0.2, 0.25) is 0 Å². The Morgan fingerprint density at radius 2 is 1.86 bits per heavy atom. The van der Waals surface area contributed by atoms with Gasteiger partial charge in [-0.25, -0.2) is 14.4 Å². The first-order chi connectivity index (χ1) is 10.1. The number of allylic oxidation sites excluding steroid dienone is 1. The van der Waals surface area contributed by atoms with Crippen molar-refractivity contribution in [3.63, 3.8) is 0 Å². The summed E-state index contributed by atoms with van der Waals surface area (Å²) in [6.07, 6.45) is 6.74. The van der Waals surface area contributed by atoms with Crippen molar-refractivity contribution in [1.82, 2.24) is 9.97 Å². The monoisotopic (exact) mass is 288 g/mol. The lowest BCUT2D eigenvalue weighted by Crippen LogP contribution is -2.00. The highest BCUT2D eigenvalue weighted by Gasteiger charge is 2.19. The molecule has 0 fully saturated rings. The van der Waals surface area contributed by atoms with Crippen molar-refractivity contribution in [1.29, 1.82) is 0 Å². The second kappa shape index (κ2) is 6.35. The molecule has 0 aliphatic rings. The van der Waals surface area contributed by atoms with Crippen LogP contribution in [0.1, 0.15) is 18.1 Å². The van der Waals surface area contributed by atoms with E-state index in [9.17, 15) is 4.39 Å². The normalized spacial score (nSPS) is 10.9. The summed E-state index contributed by atoms with van der Waals surface area (Å²) in [5.41, 5.74) is 1.91. The van der Waals surface area contributed by atoms with Crippen molar-refractivity contribution in [3.05, 3.63) is 41.5 Å². The molecule has 0 unspecified atom stereocenters. The second-order valence-corrected chi connectivity index (χ2v) is 4.40. The van der Waals surface area contributed by atoms with Crippen LogP contribution >= 0.6 is 0 Å². The number of methoxy groups -OCH3 is 2. The number of benzene rings is 1. The van der Waals surface area contributed by atoms with Gasteiger partial charge in [0.25, 0.3) is 0 Å². The second-order valence-electron chi connectivity index (χ2n) is 4.40. The molecule has 0 bridgehead atoms. The molecule has 0 N–H and O–H groups in total. The maximum Gasteiger partial charge on any atom is 0.240 e. The Hall–Kier alpha value is -2.43. The Kier molecular flexibility index (Phi) is 4.52. The minimum Gasteiger partial charge on any atom is -0.496 e. The van der Waals surface area contributed by atoms with Gasteiger partial charge in [0.2, 0.25) is 5.88 Å². The first-order valence-corrected chi connectivity index (χ1v) is 6.49. The predicted octanol–water partition coefficient (Wildman–Crippen LogP) is 3.64. The van der Waals surface area contributed by atoms with Crippen LogP contribution in [-0.2, 0) is 0 Å². The number of hydrogen-bond donors (Lipinski definition) is 0. The molecule has 1 aromatic carbocycles. The van der Waals surface area contributed by atoms with Crippen molar-refractivity contribution in [3.8, 4) is 22.9 Å². The quantitative estimate of drug-likeness (QED) is 0.861. The van der Waals surface area contributed by atoms with Crippen molar-refractivity contribution < 1.29 is 13.9 Å². The summed E-state index contributed by atoms with van der Waals surface area (Å²) >= 11 is 0. The van der Waals surface area contributed by atoms with Crippen LogP contribution in [0.3, 0.4) is 0 Å². The van der Waals surface area contributed by atoms with E-state index in [0.29, 0.717) is 22.6 Å². The maximum absolute atomic E-state index is 14.6.